The van der Waals surface area contributed by atoms with Gasteiger partial charge in [-0.1, -0.05) is 97.1 Å². The molecule has 0 radical (unpaired) electrons. The third-order valence-corrected chi connectivity index (χ3v) is 7.71. The number of carbonyl (C=O) groups excluding carboxylic acids is 1. The van der Waals surface area contributed by atoms with E-state index in [9.17, 15) is 14.7 Å². The zero-order chi connectivity index (χ0) is 27.5. The molecule has 40 heavy (non-hydrogen) atoms. The van der Waals surface area contributed by atoms with Crippen molar-refractivity contribution in [2.45, 2.75) is 31.3 Å². The molecule has 1 aliphatic carbocycles. The summed E-state index contributed by atoms with van der Waals surface area (Å²) in [5.74, 6) is -1.20. The maximum Gasteiger partial charge on any atom is 0.407 e. The number of carboxylic acid groups (broad SMARTS) is 1. The van der Waals surface area contributed by atoms with E-state index < -0.39 is 18.1 Å². The molecule has 0 saturated heterocycles. The highest BCUT2D eigenvalue weighted by molar-refractivity contribution is 5.86. The Morgan fingerprint density at radius 2 is 1.45 bits per heavy atom. The number of hydrogen-bond donors (Lipinski definition) is 2. The van der Waals surface area contributed by atoms with Crippen LogP contribution < -0.4 is 5.32 Å². The molecule has 0 spiro atoms. The molecular formula is C34H30N2O4. The van der Waals surface area contributed by atoms with Gasteiger partial charge in [0.05, 0.1) is 0 Å². The number of aryl methyl sites for hydroxylation is 2. The third kappa shape index (κ3) is 5.08. The zero-order valence-electron chi connectivity index (χ0n) is 22.0. The minimum Gasteiger partial charge on any atom is -0.480 e. The first-order valence-corrected chi connectivity index (χ1v) is 13.5. The first kappa shape index (κ1) is 25.4. The van der Waals surface area contributed by atoms with Crippen LogP contribution in [0.1, 0.15) is 28.2 Å². The molecule has 1 aliphatic rings. The van der Waals surface area contributed by atoms with E-state index in [4.69, 9.17) is 4.74 Å². The minimum absolute atomic E-state index is 0.0935. The Morgan fingerprint density at radius 1 is 0.825 bits per heavy atom. The van der Waals surface area contributed by atoms with Gasteiger partial charge < -0.3 is 19.7 Å². The van der Waals surface area contributed by atoms with Crippen molar-refractivity contribution in [1.29, 1.82) is 0 Å². The lowest BCUT2D eigenvalue weighted by Gasteiger charge is -2.17. The number of carbonyl (C=O) groups is 2. The summed E-state index contributed by atoms with van der Waals surface area (Å²) in [6, 6.07) is 33.3. The van der Waals surface area contributed by atoms with E-state index in [0.29, 0.717) is 0 Å². The molecule has 6 nitrogen and oxygen atoms in total. The average Bonchev–Trinajstić information content (AvgIpc) is 3.50. The highest BCUT2D eigenvalue weighted by Gasteiger charge is 2.30. The van der Waals surface area contributed by atoms with Crippen molar-refractivity contribution in [2.24, 2.45) is 0 Å². The first-order valence-electron chi connectivity index (χ1n) is 13.5. The molecule has 4 aromatic carbocycles. The van der Waals surface area contributed by atoms with E-state index in [1.165, 1.54) is 5.56 Å². The number of rotatable bonds is 9. The monoisotopic (exact) mass is 530 g/mol. The van der Waals surface area contributed by atoms with Gasteiger partial charge in [-0.15, -0.1) is 0 Å². The molecule has 0 saturated carbocycles. The molecule has 0 fully saturated rings. The molecule has 0 bridgehead atoms. The molecule has 1 aromatic heterocycles. The van der Waals surface area contributed by atoms with Crippen molar-refractivity contribution in [3.05, 3.63) is 132 Å². The molecule has 6 rings (SSSR count). The highest BCUT2D eigenvalue weighted by Crippen LogP contribution is 2.44. The number of alkyl carbamates (subject to hydrolysis) is 1. The second kappa shape index (κ2) is 11.1. The van der Waals surface area contributed by atoms with E-state index in [-0.39, 0.29) is 18.9 Å². The van der Waals surface area contributed by atoms with Crippen LogP contribution in [0.3, 0.4) is 0 Å². The average molecular weight is 531 g/mol. The molecule has 1 atom stereocenters. The lowest BCUT2D eigenvalue weighted by Crippen LogP contribution is -2.42. The number of ether oxygens (including phenoxy) is 1. The fraction of sp³-hybridized carbons (Fsp3) is 0.176. The second-order valence-corrected chi connectivity index (χ2v) is 10.2. The summed E-state index contributed by atoms with van der Waals surface area (Å²) in [4.78, 5) is 25.1. The summed E-state index contributed by atoms with van der Waals surface area (Å²) >= 11 is 0. The Morgan fingerprint density at radius 3 is 2.15 bits per heavy atom. The Hall–Kier alpha value is -4.84. The standard InChI is InChI=1S/C34H30N2O4/c37-33(38)31(20-24-21-36(32-17-9-8-12-25(24)32)19-18-23-10-2-1-3-11-23)35-34(39)40-22-30-28-15-6-4-13-26(28)27-14-5-7-16-29(27)30/h1-17,21,30-31H,18-20,22H2,(H,35,39)(H,37,38)/t31-/m0/s1. The van der Waals surface area contributed by atoms with Crippen LogP contribution in [-0.4, -0.2) is 34.4 Å². The molecule has 1 heterocycles. The van der Waals surface area contributed by atoms with Gasteiger partial charge in [-0.05, 0) is 45.9 Å². The highest BCUT2D eigenvalue weighted by atomic mass is 16.5. The van der Waals surface area contributed by atoms with Gasteiger partial charge in [-0.3, -0.25) is 0 Å². The topological polar surface area (TPSA) is 80.6 Å². The number of para-hydroxylation sites is 1. The van der Waals surface area contributed by atoms with Gasteiger partial charge in [-0.2, -0.15) is 0 Å². The lowest BCUT2D eigenvalue weighted by atomic mass is 9.98. The van der Waals surface area contributed by atoms with E-state index in [2.05, 4.69) is 46.3 Å². The van der Waals surface area contributed by atoms with Crippen molar-refractivity contribution in [3.63, 3.8) is 0 Å². The number of aliphatic carboxylic acids is 1. The van der Waals surface area contributed by atoms with Gasteiger partial charge >= 0.3 is 12.1 Å². The lowest BCUT2D eigenvalue weighted by molar-refractivity contribution is -0.139. The molecule has 2 N–H and O–H groups in total. The molecule has 6 heteroatoms. The predicted octanol–water partition coefficient (Wildman–Crippen LogP) is 6.42. The van der Waals surface area contributed by atoms with Gasteiger partial charge in [0.15, 0.2) is 0 Å². The van der Waals surface area contributed by atoms with Gasteiger partial charge in [-0.25, -0.2) is 9.59 Å². The summed E-state index contributed by atoms with van der Waals surface area (Å²) < 4.78 is 7.78. The number of carboxylic acids is 1. The quantitative estimate of drug-likeness (QED) is 0.231. The number of aromatic nitrogens is 1. The van der Waals surface area contributed by atoms with E-state index in [1.54, 1.807) is 0 Å². The fourth-order valence-corrected chi connectivity index (χ4v) is 5.77. The predicted molar refractivity (Wildman–Crippen MR) is 155 cm³/mol. The summed E-state index contributed by atoms with van der Waals surface area (Å²) in [6.07, 6.45) is 2.28. The Balaban J connectivity index is 1.15. The molecule has 200 valence electrons. The van der Waals surface area contributed by atoms with Crippen molar-refractivity contribution in [2.75, 3.05) is 6.61 Å². The maximum atomic E-state index is 12.9. The smallest absolute Gasteiger partial charge is 0.407 e. The van der Waals surface area contributed by atoms with Crippen molar-refractivity contribution < 1.29 is 19.4 Å². The molecule has 5 aromatic rings. The Kier molecular flexibility index (Phi) is 7.06. The number of fused-ring (bicyclic) bond motifs is 4. The summed E-state index contributed by atoms with van der Waals surface area (Å²) in [5, 5.41) is 13.6. The van der Waals surface area contributed by atoms with Crippen molar-refractivity contribution in [1.82, 2.24) is 9.88 Å². The molecule has 1 amide bonds. The van der Waals surface area contributed by atoms with Crippen LogP contribution in [0.25, 0.3) is 22.0 Å². The summed E-state index contributed by atoms with van der Waals surface area (Å²) in [7, 11) is 0. The van der Waals surface area contributed by atoms with Gasteiger partial charge in [0, 0.05) is 36.0 Å². The normalized spacial score (nSPS) is 13.0. The molecule has 0 aliphatic heterocycles. The summed E-state index contributed by atoms with van der Waals surface area (Å²) in [5.41, 5.74) is 7.64. The second-order valence-electron chi connectivity index (χ2n) is 10.2. The Bertz CT molecular complexity index is 1630. The first-order chi connectivity index (χ1) is 19.6. The van der Waals surface area contributed by atoms with Crippen molar-refractivity contribution >= 4 is 23.0 Å². The number of hydrogen-bond acceptors (Lipinski definition) is 3. The van der Waals surface area contributed by atoms with Crippen molar-refractivity contribution in [3.8, 4) is 11.1 Å². The van der Waals surface area contributed by atoms with Crippen LogP contribution in [0, 0.1) is 0 Å². The number of nitrogens with zero attached hydrogens (tertiary/aromatic N) is 1. The molecular weight excluding hydrogens is 500 g/mol. The number of amides is 1. The van der Waals surface area contributed by atoms with Crippen LogP contribution in [0.4, 0.5) is 4.79 Å². The van der Waals surface area contributed by atoms with Gasteiger partial charge in [0.2, 0.25) is 0 Å². The number of benzene rings is 4. The van der Waals surface area contributed by atoms with Crippen LogP contribution >= 0.6 is 0 Å². The maximum absolute atomic E-state index is 12.9. The van der Waals surface area contributed by atoms with Gasteiger partial charge in [0.1, 0.15) is 12.6 Å². The van der Waals surface area contributed by atoms with E-state index in [0.717, 1.165) is 51.7 Å². The SMILES string of the molecule is O=C(N[C@@H](Cc1cn(CCc2ccccc2)c2ccccc12)C(=O)O)OCC1c2ccccc2-c2ccccc21. The minimum atomic E-state index is -1.12. The molecule has 0 unspecified atom stereocenters. The zero-order valence-corrected chi connectivity index (χ0v) is 22.0. The Labute approximate surface area is 232 Å². The van der Waals surface area contributed by atoms with Crippen LogP contribution in [0.5, 0.6) is 0 Å². The number of nitrogens with one attached hydrogen (secondary N) is 1. The fourth-order valence-electron chi connectivity index (χ4n) is 5.77. The van der Waals surface area contributed by atoms with E-state index in [1.807, 2.05) is 72.9 Å². The largest absolute Gasteiger partial charge is 0.480 e. The summed E-state index contributed by atoms with van der Waals surface area (Å²) in [6.45, 7) is 0.896. The van der Waals surface area contributed by atoms with E-state index >= 15 is 0 Å². The van der Waals surface area contributed by atoms with Crippen LogP contribution in [-0.2, 0) is 28.9 Å². The van der Waals surface area contributed by atoms with Crippen LogP contribution in [0.2, 0.25) is 0 Å². The third-order valence-electron chi connectivity index (χ3n) is 7.71. The van der Waals surface area contributed by atoms with Crippen LogP contribution in [0.15, 0.2) is 109 Å². The van der Waals surface area contributed by atoms with Gasteiger partial charge in [0.25, 0.3) is 0 Å².